The van der Waals surface area contributed by atoms with Gasteiger partial charge >= 0.3 is 0 Å². The fraction of sp³-hybridized carbons (Fsp3) is 0.538. The van der Waals surface area contributed by atoms with Crippen LogP contribution in [0, 0.1) is 5.92 Å². The maximum atomic E-state index is 6.18. The first-order chi connectivity index (χ1) is 7.26. The molecule has 2 aliphatic rings. The van der Waals surface area contributed by atoms with Crippen LogP contribution >= 0.6 is 24.8 Å². The zero-order valence-corrected chi connectivity index (χ0v) is 11.5. The molecule has 2 atom stereocenters. The van der Waals surface area contributed by atoms with Crippen LogP contribution in [-0.4, -0.2) is 23.5 Å². The van der Waals surface area contributed by atoms with Crippen LogP contribution in [-0.2, 0) is 6.54 Å². The quantitative estimate of drug-likeness (QED) is 0.898. The number of rotatable bonds is 2. The normalized spacial score (nSPS) is 30.8. The van der Waals surface area contributed by atoms with Gasteiger partial charge in [0.25, 0.3) is 0 Å². The van der Waals surface area contributed by atoms with Crippen LogP contribution in [0.5, 0.6) is 0 Å². The lowest BCUT2D eigenvalue weighted by Gasteiger charge is -2.29. The molecule has 2 unspecified atom stereocenters. The van der Waals surface area contributed by atoms with Crippen LogP contribution in [0.3, 0.4) is 0 Å². The largest absolute Gasteiger partial charge is 0.325 e. The SMILES string of the molecule is Cl.Cl.NC12CCN(Cc3ccccc3)CC1C2. The van der Waals surface area contributed by atoms with E-state index in [4.69, 9.17) is 5.73 Å². The van der Waals surface area contributed by atoms with Crippen molar-refractivity contribution in [2.75, 3.05) is 13.1 Å². The monoisotopic (exact) mass is 274 g/mol. The number of likely N-dealkylation sites (tertiary alicyclic amines) is 1. The third-order valence-electron chi connectivity index (χ3n) is 3.90. The Hall–Kier alpha value is -0.280. The molecule has 3 rings (SSSR count). The molecule has 4 heteroatoms. The van der Waals surface area contributed by atoms with Gasteiger partial charge in [0, 0.05) is 25.2 Å². The van der Waals surface area contributed by atoms with Crippen LogP contribution in [0.25, 0.3) is 0 Å². The van der Waals surface area contributed by atoms with Gasteiger partial charge in [0.15, 0.2) is 0 Å². The molecule has 2 nitrogen and oxygen atoms in total. The van der Waals surface area contributed by atoms with Gasteiger partial charge in [0.2, 0.25) is 0 Å². The van der Waals surface area contributed by atoms with E-state index in [2.05, 4.69) is 35.2 Å². The molecule has 1 saturated carbocycles. The van der Waals surface area contributed by atoms with E-state index < -0.39 is 0 Å². The first kappa shape index (κ1) is 14.8. The van der Waals surface area contributed by atoms with Crippen LogP contribution in [0.15, 0.2) is 30.3 Å². The average molecular weight is 275 g/mol. The van der Waals surface area contributed by atoms with E-state index in [1.54, 1.807) is 0 Å². The lowest BCUT2D eigenvalue weighted by molar-refractivity contribution is 0.200. The van der Waals surface area contributed by atoms with E-state index in [-0.39, 0.29) is 30.4 Å². The first-order valence-electron chi connectivity index (χ1n) is 5.81. The summed E-state index contributed by atoms with van der Waals surface area (Å²) in [7, 11) is 0. The standard InChI is InChI=1S/C13H18N2.2ClH/c14-13-6-7-15(10-12(13)8-13)9-11-4-2-1-3-5-11;;/h1-5,12H,6-10,14H2;2*1H. The zero-order valence-electron chi connectivity index (χ0n) is 9.84. The van der Waals surface area contributed by atoms with Crippen molar-refractivity contribution in [3.05, 3.63) is 35.9 Å². The highest BCUT2D eigenvalue weighted by atomic mass is 35.5. The van der Waals surface area contributed by atoms with Gasteiger partial charge in [-0.1, -0.05) is 30.3 Å². The summed E-state index contributed by atoms with van der Waals surface area (Å²) in [6, 6.07) is 10.7. The molecule has 1 aromatic rings. The Bertz CT molecular complexity index is 358. The minimum Gasteiger partial charge on any atom is -0.325 e. The molecule has 0 radical (unpaired) electrons. The van der Waals surface area contributed by atoms with Crippen molar-refractivity contribution < 1.29 is 0 Å². The molecule has 0 bridgehead atoms. The summed E-state index contributed by atoms with van der Waals surface area (Å²) < 4.78 is 0. The fourth-order valence-electron chi connectivity index (χ4n) is 2.71. The van der Waals surface area contributed by atoms with Crippen LogP contribution < -0.4 is 5.73 Å². The smallest absolute Gasteiger partial charge is 0.0233 e. The molecule has 96 valence electrons. The summed E-state index contributed by atoms with van der Waals surface area (Å²) in [6.45, 7) is 3.46. The van der Waals surface area contributed by atoms with E-state index in [1.165, 1.54) is 31.5 Å². The number of nitrogens with zero attached hydrogens (tertiary/aromatic N) is 1. The van der Waals surface area contributed by atoms with Gasteiger partial charge in [-0.25, -0.2) is 0 Å². The van der Waals surface area contributed by atoms with Gasteiger partial charge in [-0.15, -0.1) is 24.8 Å². The van der Waals surface area contributed by atoms with E-state index in [1.807, 2.05) is 0 Å². The summed E-state index contributed by atoms with van der Waals surface area (Å²) in [4.78, 5) is 2.54. The van der Waals surface area contributed by atoms with Crippen LogP contribution in [0.4, 0.5) is 0 Å². The summed E-state index contributed by atoms with van der Waals surface area (Å²) in [5, 5.41) is 0. The average Bonchev–Trinajstić information content (AvgIpc) is 2.91. The Labute approximate surface area is 115 Å². The molecule has 0 spiro atoms. The Morgan fingerprint density at radius 1 is 1.24 bits per heavy atom. The van der Waals surface area contributed by atoms with Crippen molar-refractivity contribution >= 4 is 24.8 Å². The fourth-order valence-corrected chi connectivity index (χ4v) is 2.71. The number of hydrogen-bond acceptors (Lipinski definition) is 2. The third kappa shape index (κ3) is 3.14. The van der Waals surface area contributed by atoms with Gasteiger partial charge < -0.3 is 5.73 Å². The highest BCUT2D eigenvalue weighted by Gasteiger charge is 2.53. The Morgan fingerprint density at radius 2 is 1.94 bits per heavy atom. The summed E-state index contributed by atoms with van der Waals surface area (Å²) in [6.07, 6.45) is 2.43. The van der Waals surface area contributed by atoms with Crippen molar-refractivity contribution in [2.24, 2.45) is 11.7 Å². The van der Waals surface area contributed by atoms with E-state index in [9.17, 15) is 0 Å². The summed E-state index contributed by atoms with van der Waals surface area (Å²) >= 11 is 0. The first-order valence-corrected chi connectivity index (χ1v) is 5.81. The molecule has 1 aromatic carbocycles. The van der Waals surface area contributed by atoms with Crippen LogP contribution in [0.1, 0.15) is 18.4 Å². The predicted molar refractivity (Wildman–Crippen MR) is 75.9 cm³/mol. The van der Waals surface area contributed by atoms with Crippen molar-refractivity contribution in [3.8, 4) is 0 Å². The zero-order chi connectivity index (χ0) is 10.3. The molecule has 0 aromatic heterocycles. The molecule has 17 heavy (non-hydrogen) atoms. The molecule has 1 aliphatic heterocycles. The highest BCUT2D eigenvalue weighted by Crippen LogP contribution is 2.47. The third-order valence-corrected chi connectivity index (χ3v) is 3.90. The van der Waals surface area contributed by atoms with Crippen molar-refractivity contribution in [1.29, 1.82) is 0 Å². The molecule has 2 N–H and O–H groups in total. The minimum atomic E-state index is 0. The summed E-state index contributed by atoms with van der Waals surface area (Å²) in [5.41, 5.74) is 7.83. The number of piperidine rings is 1. The molecule has 0 amide bonds. The van der Waals surface area contributed by atoms with Crippen molar-refractivity contribution in [2.45, 2.75) is 24.9 Å². The Morgan fingerprint density at radius 3 is 2.59 bits per heavy atom. The van der Waals surface area contributed by atoms with Gasteiger partial charge in [-0.2, -0.15) is 0 Å². The molecule has 1 saturated heterocycles. The topological polar surface area (TPSA) is 29.3 Å². The van der Waals surface area contributed by atoms with Gasteiger partial charge in [-0.05, 0) is 24.3 Å². The highest BCUT2D eigenvalue weighted by molar-refractivity contribution is 5.85. The summed E-state index contributed by atoms with van der Waals surface area (Å²) in [5.74, 6) is 0.773. The van der Waals surface area contributed by atoms with Crippen molar-refractivity contribution in [1.82, 2.24) is 4.90 Å². The minimum absolute atomic E-state index is 0. The van der Waals surface area contributed by atoms with Gasteiger partial charge in [0.1, 0.15) is 0 Å². The van der Waals surface area contributed by atoms with Gasteiger partial charge in [0.05, 0.1) is 0 Å². The number of fused-ring (bicyclic) bond motifs is 1. The van der Waals surface area contributed by atoms with Crippen molar-refractivity contribution in [3.63, 3.8) is 0 Å². The predicted octanol–water partition coefficient (Wildman–Crippen LogP) is 2.45. The maximum Gasteiger partial charge on any atom is 0.0233 e. The maximum absolute atomic E-state index is 6.18. The van der Waals surface area contributed by atoms with Crippen LogP contribution in [0.2, 0.25) is 0 Å². The molecule has 1 heterocycles. The Kier molecular flexibility index (Phi) is 4.85. The lowest BCUT2D eigenvalue weighted by atomic mass is 10.1. The number of nitrogens with two attached hydrogens (primary N) is 1. The Balaban J connectivity index is 0.000000722. The van der Waals surface area contributed by atoms with E-state index in [0.29, 0.717) is 0 Å². The number of halogens is 2. The second-order valence-corrected chi connectivity index (χ2v) is 5.10. The lowest BCUT2D eigenvalue weighted by Crippen LogP contribution is -2.41. The molecule has 1 aliphatic carbocycles. The number of benzene rings is 1. The molecular weight excluding hydrogens is 255 g/mol. The molecule has 2 fully saturated rings. The second-order valence-electron chi connectivity index (χ2n) is 5.10. The van der Waals surface area contributed by atoms with E-state index in [0.717, 1.165) is 12.5 Å². The van der Waals surface area contributed by atoms with E-state index >= 15 is 0 Å². The van der Waals surface area contributed by atoms with Gasteiger partial charge in [-0.3, -0.25) is 4.90 Å². The molecular formula is C13H20Cl2N2. The second kappa shape index (κ2) is 5.57. The number of hydrogen-bond donors (Lipinski definition) is 1.